The molecular weight excluding hydrogens is 190 g/mol. The zero-order valence-corrected chi connectivity index (χ0v) is 7.34. The molecule has 0 fully saturated rings. The number of rotatable bonds is 2. The lowest BCUT2D eigenvalue weighted by atomic mass is 10.2. The van der Waals surface area contributed by atoms with E-state index in [1.165, 1.54) is 6.26 Å². The molecule has 2 heterocycles. The maximum Gasteiger partial charge on any atom is 0.244 e. The molecule has 0 aliphatic rings. The highest BCUT2D eigenvalue weighted by atomic mass is 35.5. The Morgan fingerprint density at radius 3 is 2.77 bits per heavy atom. The molecule has 0 saturated heterocycles. The molecule has 0 atom stereocenters. The number of hydrogen-bond acceptors (Lipinski definition) is 2. The quantitative estimate of drug-likeness (QED) is 0.749. The highest BCUT2D eigenvalue weighted by molar-refractivity contribution is 6.29. The van der Waals surface area contributed by atoms with Crippen molar-refractivity contribution in [1.82, 2.24) is 4.98 Å². The average molecular weight is 196 g/mol. The van der Waals surface area contributed by atoms with Gasteiger partial charge in [-0.15, -0.1) is 0 Å². The van der Waals surface area contributed by atoms with Crippen molar-refractivity contribution in [2.24, 2.45) is 0 Å². The van der Waals surface area contributed by atoms with Gasteiger partial charge in [-0.25, -0.2) is 0 Å². The largest absolute Gasteiger partial charge is 0.461 e. The number of hydrogen-bond donors (Lipinski definition) is 1. The lowest BCUT2D eigenvalue weighted by Gasteiger charge is -1.91. The Labute approximate surface area is 79.3 Å². The van der Waals surface area contributed by atoms with Gasteiger partial charge in [-0.05, 0) is 24.3 Å². The van der Waals surface area contributed by atoms with Crippen LogP contribution >= 0.6 is 11.6 Å². The summed E-state index contributed by atoms with van der Waals surface area (Å²) in [4.78, 5) is 14.3. The number of furan rings is 1. The summed E-state index contributed by atoms with van der Waals surface area (Å²) < 4.78 is 4.95. The molecular formula is C9H6ClNO2. The molecule has 0 aliphatic heterocycles. The van der Waals surface area contributed by atoms with E-state index >= 15 is 0 Å². The minimum Gasteiger partial charge on any atom is -0.461 e. The van der Waals surface area contributed by atoms with Crippen LogP contribution < -0.4 is 0 Å². The van der Waals surface area contributed by atoms with Gasteiger partial charge in [-0.1, -0.05) is 11.6 Å². The molecule has 0 unspecified atom stereocenters. The third-order valence-electron chi connectivity index (χ3n) is 1.64. The molecule has 0 aliphatic carbocycles. The Morgan fingerprint density at radius 1 is 1.38 bits per heavy atom. The zero-order valence-electron chi connectivity index (χ0n) is 6.58. The molecule has 2 aromatic rings. The predicted molar refractivity (Wildman–Crippen MR) is 47.9 cm³/mol. The number of nitrogens with one attached hydrogen (secondary N) is 1. The highest BCUT2D eigenvalue weighted by Crippen LogP contribution is 2.12. The first kappa shape index (κ1) is 8.13. The van der Waals surface area contributed by atoms with Crippen molar-refractivity contribution in [2.45, 2.75) is 0 Å². The van der Waals surface area contributed by atoms with E-state index in [4.69, 9.17) is 16.0 Å². The van der Waals surface area contributed by atoms with Crippen LogP contribution in [0.15, 0.2) is 34.9 Å². The van der Waals surface area contributed by atoms with Crippen LogP contribution in [0.4, 0.5) is 0 Å². The maximum atomic E-state index is 11.5. The van der Waals surface area contributed by atoms with Gasteiger partial charge in [0.25, 0.3) is 0 Å². The van der Waals surface area contributed by atoms with Crippen LogP contribution in [-0.4, -0.2) is 10.8 Å². The van der Waals surface area contributed by atoms with Crippen molar-refractivity contribution in [2.75, 3.05) is 0 Å². The molecule has 0 amide bonds. The van der Waals surface area contributed by atoms with Gasteiger partial charge in [-0.2, -0.15) is 0 Å². The monoisotopic (exact) mass is 195 g/mol. The van der Waals surface area contributed by atoms with Crippen molar-refractivity contribution in [3.05, 3.63) is 47.1 Å². The molecule has 66 valence electrons. The fourth-order valence-electron chi connectivity index (χ4n) is 1.04. The van der Waals surface area contributed by atoms with Crippen LogP contribution in [0, 0.1) is 0 Å². The Morgan fingerprint density at radius 2 is 2.23 bits per heavy atom. The Hall–Kier alpha value is -1.48. The standard InChI is InChI=1S/C9H6ClNO2/c10-8-4-3-6(11-8)9(12)7-2-1-5-13-7/h1-5,11H. The van der Waals surface area contributed by atoms with E-state index in [9.17, 15) is 4.79 Å². The summed E-state index contributed by atoms with van der Waals surface area (Å²) >= 11 is 5.63. The van der Waals surface area contributed by atoms with Crippen LogP contribution in [0.5, 0.6) is 0 Å². The van der Waals surface area contributed by atoms with E-state index in [-0.39, 0.29) is 5.78 Å². The second kappa shape index (κ2) is 3.11. The molecule has 2 aromatic heterocycles. The molecule has 2 rings (SSSR count). The van der Waals surface area contributed by atoms with Crippen LogP contribution in [0.3, 0.4) is 0 Å². The van der Waals surface area contributed by atoms with Crippen LogP contribution in [-0.2, 0) is 0 Å². The van der Waals surface area contributed by atoms with Gasteiger partial charge in [0, 0.05) is 0 Å². The molecule has 0 saturated carbocycles. The average Bonchev–Trinajstić information content (AvgIpc) is 2.72. The summed E-state index contributed by atoms with van der Waals surface area (Å²) in [6.45, 7) is 0. The third-order valence-corrected chi connectivity index (χ3v) is 1.86. The third kappa shape index (κ3) is 1.51. The van der Waals surface area contributed by atoms with E-state index in [0.29, 0.717) is 16.6 Å². The Bertz CT molecular complexity index is 417. The molecule has 13 heavy (non-hydrogen) atoms. The molecule has 0 spiro atoms. The number of carbonyl (C=O) groups excluding carboxylic acids is 1. The lowest BCUT2D eigenvalue weighted by Crippen LogP contribution is -1.99. The number of aromatic amines is 1. The first-order valence-electron chi connectivity index (χ1n) is 3.70. The van der Waals surface area contributed by atoms with Crippen LogP contribution in [0.25, 0.3) is 0 Å². The normalized spacial score (nSPS) is 10.2. The first-order valence-corrected chi connectivity index (χ1v) is 4.08. The predicted octanol–water partition coefficient (Wildman–Crippen LogP) is 2.49. The number of H-pyrrole nitrogens is 1. The SMILES string of the molecule is O=C(c1ccc(Cl)[nH]1)c1ccco1. The first-order chi connectivity index (χ1) is 6.27. The van der Waals surface area contributed by atoms with Gasteiger partial charge >= 0.3 is 0 Å². The Balaban J connectivity index is 2.33. The summed E-state index contributed by atoms with van der Waals surface area (Å²) in [5, 5.41) is 0.440. The van der Waals surface area contributed by atoms with Crippen molar-refractivity contribution in [1.29, 1.82) is 0 Å². The van der Waals surface area contributed by atoms with Gasteiger partial charge in [-0.3, -0.25) is 4.79 Å². The smallest absolute Gasteiger partial charge is 0.244 e. The molecule has 0 bridgehead atoms. The minimum absolute atomic E-state index is 0.197. The van der Waals surface area contributed by atoms with Crippen molar-refractivity contribution >= 4 is 17.4 Å². The molecule has 1 N–H and O–H groups in total. The second-order valence-electron chi connectivity index (χ2n) is 2.53. The number of halogens is 1. The zero-order chi connectivity index (χ0) is 9.26. The number of ketones is 1. The van der Waals surface area contributed by atoms with Gasteiger partial charge in [0.1, 0.15) is 5.15 Å². The van der Waals surface area contributed by atoms with Gasteiger partial charge in [0.05, 0.1) is 12.0 Å². The second-order valence-corrected chi connectivity index (χ2v) is 2.93. The maximum absolute atomic E-state index is 11.5. The van der Waals surface area contributed by atoms with Crippen LogP contribution in [0.1, 0.15) is 16.2 Å². The van der Waals surface area contributed by atoms with Crippen molar-refractivity contribution < 1.29 is 9.21 Å². The van der Waals surface area contributed by atoms with E-state index in [0.717, 1.165) is 0 Å². The van der Waals surface area contributed by atoms with Gasteiger partial charge < -0.3 is 9.40 Å². The summed E-state index contributed by atoms with van der Waals surface area (Å²) in [5.41, 5.74) is 0.431. The van der Waals surface area contributed by atoms with E-state index < -0.39 is 0 Å². The molecule has 3 nitrogen and oxygen atoms in total. The summed E-state index contributed by atoms with van der Waals surface area (Å²) in [7, 11) is 0. The highest BCUT2D eigenvalue weighted by Gasteiger charge is 2.12. The van der Waals surface area contributed by atoms with Crippen molar-refractivity contribution in [3.8, 4) is 0 Å². The minimum atomic E-state index is -0.197. The summed E-state index contributed by atoms with van der Waals surface area (Å²) in [5.74, 6) is 0.107. The molecule has 4 heteroatoms. The number of carbonyl (C=O) groups is 1. The summed E-state index contributed by atoms with van der Waals surface area (Å²) in [6, 6.07) is 6.51. The lowest BCUT2D eigenvalue weighted by molar-refractivity contribution is 0.100. The fraction of sp³-hybridized carbons (Fsp3) is 0. The topological polar surface area (TPSA) is 46.0 Å². The molecule has 0 radical (unpaired) electrons. The van der Waals surface area contributed by atoms with Crippen molar-refractivity contribution in [3.63, 3.8) is 0 Å². The van der Waals surface area contributed by atoms with E-state index in [2.05, 4.69) is 4.98 Å². The van der Waals surface area contributed by atoms with Gasteiger partial charge in [0.15, 0.2) is 5.76 Å². The Kier molecular flexibility index (Phi) is 1.94. The van der Waals surface area contributed by atoms with Crippen LogP contribution in [0.2, 0.25) is 5.15 Å². The fourth-order valence-corrected chi connectivity index (χ4v) is 1.21. The van der Waals surface area contributed by atoms with E-state index in [1.54, 1.807) is 24.3 Å². The van der Waals surface area contributed by atoms with Gasteiger partial charge in [0.2, 0.25) is 5.78 Å². The molecule has 0 aromatic carbocycles. The van der Waals surface area contributed by atoms with E-state index in [1.807, 2.05) is 0 Å². The summed E-state index contributed by atoms with van der Waals surface area (Å²) in [6.07, 6.45) is 1.46. The number of aromatic nitrogens is 1.